The van der Waals surface area contributed by atoms with Crippen LogP contribution in [-0.2, 0) is 4.79 Å². The number of aromatic nitrogens is 1. The van der Waals surface area contributed by atoms with Gasteiger partial charge in [0.25, 0.3) is 5.91 Å². The first-order valence-electron chi connectivity index (χ1n) is 7.01. The molecule has 2 aliphatic carbocycles. The van der Waals surface area contributed by atoms with E-state index in [1.165, 1.54) is 0 Å². The molecule has 1 heterocycles. The van der Waals surface area contributed by atoms with Crippen molar-refractivity contribution in [2.24, 2.45) is 0 Å². The van der Waals surface area contributed by atoms with Crippen LogP contribution in [0.3, 0.4) is 0 Å². The summed E-state index contributed by atoms with van der Waals surface area (Å²) < 4.78 is 5.55. The van der Waals surface area contributed by atoms with Crippen LogP contribution in [0.1, 0.15) is 66.6 Å². The van der Waals surface area contributed by atoms with Crippen molar-refractivity contribution in [2.75, 3.05) is 0 Å². The number of nitrogens with one attached hydrogen (secondary N) is 1. The Morgan fingerprint density at radius 2 is 2.15 bits per heavy atom. The van der Waals surface area contributed by atoms with Gasteiger partial charge in [0.1, 0.15) is 0 Å². The second-order valence-electron chi connectivity index (χ2n) is 5.90. The summed E-state index contributed by atoms with van der Waals surface area (Å²) in [5.41, 5.74) is -0.0313. The molecular formula is C14H18N2O4. The molecule has 108 valence electrons. The van der Waals surface area contributed by atoms with E-state index < -0.39 is 11.5 Å². The maximum absolute atomic E-state index is 12.3. The third-order valence-electron chi connectivity index (χ3n) is 4.12. The highest BCUT2D eigenvalue weighted by Crippen LogP contribution is 2.40. The van der Waals surface area contributed by atoms with E-state index in [4.69, 9.17) is 9.52 Å². The number of carbonyl (C=O) groups excluding carboxylic acids is 1. The Hall–Kier alpha value is -1.85. The van der Waals surface area contributed by atoms with Gasteiger partial charge in [-0.05, 0) is 39.0 Å². The van der Waals surface area contributed by atoms with Crippen molar-refractivity contribution in [3.05, 3.63) is 17.3 Å². The monoisotopic (exact) mass is 278 g/mol. The maximum atomic E-state index is 12.3. The largest absolute Gasteiger partial charge is 0.481 e. The number of rotatable bonds is 5. The number of aryl methyl sites for hydroxylation is 1. The molecule has 6 nitrogen and oxygen atoms in total. The second-order valence-corrected chi connectivity index (χ2v) is 5.90. The number of oxazole rings is 1. The Labute approximate surface area is 116 Å². The molecule has 2 saturated carbocycles. The number of carboxylic acid groups (broad SMARTS) is 1. The average Bonchev–Trinajstić information content (AvgIpc) is 3.09. The lowest BCUT2D eigenvalue weighted by Gasteiger charge is -2.41. The molecule has 0 unspecified atom stereocenters. The van der Waals surface area contributed by atoms with Gasteiger partial charge in [-0.1, -0.05) is 0 Å². The lowest BCUT2D eigenvalue weighted by molar-refractivity contribution is -0.139. The number of hydrogen-bond acceptors (Lipinski definition) is 4. The van der Waals surface area contributed by atoms with E-state index in [0.717, 1.165) is 19.3 Å². The Bertz CT molecular complexity index is 556. The first-order valence-corrected chi connectivity index (χ1v) is 7.01. The summed E-state index contributed by atoms with van der Waals surface area (Å²) in [5.74, 6) is -0.0233. The van der Waals surface area contributed by atoms with Gasteiger partial charge in [-0.2, -0.15) is 0 Å². The summed E-state index contributed by atoms with van der Waals surface area (Å²) >= 11 is 0. The molecule has 0 radical (unpaired) electrons. The van der Waals surface area contributed by atoms with E-state index in [9.17, 15) is 9.59 Å². The van der Waals surface area contributed by atoms with Crippen LogP contribution < -0.4 is 5.32 Å². The van der Waals surface area contributed by atoms with E-state index in [1.54, 1.807) is 6.92 Å². The lowest BCUT2D eigenvalue weighted by Crippen LogP contribution is -2.54. The molecular weight excluding hydrogens is 260 g/mol. The predicted molar refractivity (Wildman–Crippen MR) is 69.5 cm³/mol. The molecule has 20 heavy (non-hydrogen) atoms. The summed E-state index contributed by atoms with van der Waals surface area (Å²) in [6.45, 7) is 1.74. The quantitative estimate of drug-likeness (QED) is 0.859. The van der Waals surface area contributed by atoms with Gasteiger partial charge in [0, 0.05) is 5.92 Å². The topological polar surface area (TPSA) is 92.4 Å². The zero-order valence-corrected chi connectivity index (χ0v) is 11.4. The fourth-order valence-corrected chi connectivity index (χ4v) is 2.67. The molecule has 2 fully saturated rings. The number of amides is 1. The van der Waals surface area contributed by atoms with Crippen molar-refractivity contribution < 1.29 is 19.1 Å². The van der Waals surface area contributed by atoms with Crippen LogP contribution >= 0.6 is 0 Å². The molecule has 1 aromatic rings. The molecule has 1 aromatic heterocycles. The summed E-state index contributed by atoms with van der Waals surface area (Å²) in [6.07, 6.45) is 4.42. The van der Waals surface area contributed by atoms with Gasteiger partial charge >= 0.3 is 5.97 Å². The van der Waals surface area contributed by atoms with Gasteiger partial charge in [-0.25, -0.2) is 4.98 Å². The zero-order valence-electron chi connectivity index (χ0n) is 11.4. The molecule has 0 spiro atoms. The first-order chi connectivity index (χ1) is 9.49. The summed E-state index contributed by atoms with van der Waals surface area (Å²) in [4.78, 5) is 27.5. The number of nitrogens with zero attached hydrogens (tertiary/aromatic N) is 1. The van der Waals surface area contributed by atoms with Crippen molar-refractivity contribution in [2.45, 2.75) is 56.9 Å². The SMILES string of the molecule is Cc1nc(C2CC2)oc1C(=O)NC1(CC(=O)O)CCC1. The maximum Gasteiger partial charge on any atom is 0.305 e. The minimum atomic E-state index is -0.891. The molecule has 0 aromatic carbocycles. The van der Waals surface area contributed by atoms with E-state index in [-0.39, 0.29) is 18.1 Å². The third kappa shape index (κ3) is 2.42. The van der Waals surface area contributed by atoms with Gasteiger partial charge in [0.05, 0.1) is 17.7 Å². The zero-order chi connectivity index (χ0) is 14.3. The normalized spacial score (nSPS) is 20.2. The number of aliphatic carboxylic acids is 1. The standard InChI is InChI=1S/C14H18N2O4/c1-8-11(20-13(15-8)9-3-4-9)12(19)16-14(5-2-6-14)7-10(17)18/h9H,2-7H2,1H3,(H,16,19)(H,17,18). The van der Waals surface area contributed by atoms with Crippen molar-refractivity contribution in [1.82, 2.24) is 10.3 Å². The first kappa shape index (κ1) is 13.1. The van der Waals surface area contributed by atoms with Crippen LogP contribution in [0.25, 0.3) is 0 Å². The third-order valence-corrected chi connectivity index (χ3v) is 4.12. The molecule has 0 aliphatic heterocycles. The smallest absolute Gasteiger partial charge is 0.305 e. The average molecular weight is 278 g/mol. The number of carboxylic acids is 1. The fraction of sp³-hybridized carbons (Fsp3) is 0.643. The minimum absolute atomic E-state index is 0.0403. The fourth-order valence-electron chi connectivity index (χ4n) is 2.67. The van der Waals surface area contributed by atoms with Gasteiger partial charge in [-0.3, -0.25) is 9.59 Å². The molecule has 3 rings (SSSR count). The van der Waals surface area contributed by atoms with Crippen LogP contribution in [0, 0.1) is 6.92 Å². The lowest BCUT2D eigenvalue weighted by atomic mass is 9.74. The van der Waals surface area contributed by atoms with Gasteiger partial charge in [-0.15, -0.1) is 0 Å². The van der Waals surface area contributed by atoms with Crippen LogP contribution in [0.2, 0.25) is 0 Å². The summed E-state index contributed by atoms with van der Waals surface area (Å²) in [6, 6.07) is 0. The van der Waals surface area contributed by atoms with Gasteiger partial charge in [0.15, 0.2) is 5.89 Å². The van der Waals surface area contributed by atoms with Crippen molar-refractivity contribution in [3.63, 3.8) is 0 Å². The summed E-state index contributed by atoms with van der Waals surface area (Å²) in [7, 11) is 0. The van der Waals surface area contributed by atoms with Crippen LogP contribution in [-0.4, -0.2) is 27.5 Å². The molecule has 2 N–H and O–H groups in total. The van der Waals surface area contributed by atoms with E-state index in [1.807, 2.05) is 0 Å². The van der Waals surface area contributed by atoms with E-state index in [0.29, 0.717) is 30.3 Å². The second kappa shape index (κ2) is 4.61. The highest BCUT2D eigenvalue weighted by molar-refractivity contribution is 5.93. The van der Waals surface area contributed by atoms with E-state index in [2.05, 4.69) is 10.3 Å². The molecule has 0 bridgehead atoms. The van der Waals surface area contributed by atoms with E-state index >= 15 is 0 Å². The van der Waals surface area contributed by atoms with Crippen molar-refractivity contribution >= 4 is 11.9 Å². The molecule has 2 aliphatic rings. The summed E-state index contributed by atoms with van der Waals surface area (Å²) in [5, 5.41) is 11.8. The van der Waals surface area contributed by atoms with Gasteiger partial charge in [0.2, 0.25) is 5.76 Å². The highest BCUT2D eigenvalue weighted by atomic mass is 16.4. The van der Waals surface area contributed by atoms with Crippen LogP contribution in [0.5, 0.6) is 0 Å². The molecule has 0 saturated heterocycles. The van der Waals surface area contributed by atoms with Crippen LogP contribution in [0.15, 0.2) is 4.42 Å². The highest BCUT2D eigenvalue weighted by Gasteiger charge is 2.41. The van der Waals surface area contributed by atoms with Crippen molar-refractivity contribution in [1.29, 1.82) is 0 Å². The number of carbonyl (C=O) groups is 2. The Balaban J connectivity index is 1.73. The molecule has 0 atom stereocenters. The molecule has 6 heteroatoms. The Morgan fingerprint density at radius 3 is 2.65 bits per heavy atom. The predicted octanol–water partition coefficient (Wildman–Crippen LogP) is 1.99. The van der Waals surface area contributed by atoms with Crippen LogP contribution in [0.4, 0.5) is 0 Å². The number of hydrogen-bond donors (Lipinski definition) is 2. The van der Waals surface area contributed by atoms with Gasteiger partial charge < -0.3 is 14.8 Å². The minimum Gasteiger partial charge on any atom is -0.481 e. The Kier molecular flexibility index (Phi) is 3.03. The molecule has 1 amide bonds. The van der Waals surface area contributed by atoms with Crippen molar-refractivity contribution in [3.8, 4) is 0 Å². The Morgan fingerprint density at radius 1 is 1.45 bits per heavy atom.